The number of quaternary nitrogens is 1. The standard InChI is InChI=1S/C18H26N2O4/c1-3-23-16-9-7-15(8-10-16)19-17(21)13-20-11-5-6-14(12-20)18(22)24-4-2/h7-10,14H,3-6,11-13H2,1-2H3,(H,19,21)/p+1/t14-/m0/s1. The van der Waals surface area contributed by atoms with E-state index in [0.29, 0.717) is 26.3 Å². The zero-order valence-corrected chi connectivity index (χ0v) is 14.5. The first-order valence-electron chi connectivity index (χ1n) is 8.65. The number of benzene rings is 1. The smallest absolute Gasteiger partial charge is 0.314 e. The number of carbonyl (C=O) groups excluding carboxylic acids is 2. The number of hydrogen-bond acceptors (Lipinski definition) is 4. The minimum atomic E-state index is -0.137. The van der Waals surface area contributed by atoms with Gasteiger partial charge in [0.2, 0.25) is 0 Å². The summed E-state index contributed by atoms with van der Waals surface area (Å²) in [6, 6.07) is 7.33. The topological polar surface area (TPSA) is 69.1 Å². The van der Waals surface area contributed by atoms with Crippen LogP contribution >= 0.6 is 0 Å². The van der Waals surface area contributed by atoms with Crippen molar-refractivity contribution in [3.63, 3.8) is 0 Å². The second-order valence-corrected chi connectivity index (χ2v) is 5.98. The van der Waals surface area contributed by atoms with Crippen molar-refractivity contribution < 1.29 is 24.0 Å². The molecule has 0 spiro atoms. The van der Waals surface area contributed by atoms with Crippen LogP contribution in [0.5, 0.6) is 5.75 Å². The molecule has 2 atom stereocenters. The lowest BCUT2D eigenvalue weighted by Crippen LogP contribution is -3.14. The maximum absolute atomic E-state index is 12.2. The van der Waals surface area contributed by atoms with Crippen molar-refractivity contribution in [2.75, 3.05) is 38.2 Å². The largest absolute Gasteiger partial charge is 0.494 e. The van der Waals surface area contributed by atoms with Crippen LogP contribution in [0.2, 0.25) is 0 Å². The van der Waals surface area contributed by atoms with Crippen LogP contribution in [0.4, 0.5) is 5.69 Å². The number of likely N-dealkylation sites (tertiary alicyclic amines) is 1. The van der Waals surface area contributed by atoms with E-state index >= 15 is 0 Å². The summed E-state index contributed by atoms with van der Waals surface area (Å²) in [6.45, 7) is 6.70. The molecule has 1 amide bonds. The summed E-state index contributed by atoms with van der Waals surface area (Å²) >= 11 is 0. The van der Waals surface area contributed by atoms with E-state index in [4.69, 9.17) is 9.47 Å². The molecule has 1 saturated heterocycles. The monoisotopic (exact) mass is 335 g/mol. The summed E-state index contributed by atoms with van der Waals surface area (Å²) in [4.78, 5) is 25.2. The van der Waals surface area contributed by atoms with Crippen LogP contribution in [0.3, 0.4) is 0 Å². The Labute approximate surface area is 143 Å². The van der Waals surface area contributed by atoms with E-state index in [2.05, 4.69) is 5.32 Å². The first-order valence-corrected chi connectivity index (χ1v) is 8.65. The maximum Gasteiger partial charge on any atom is 0.314 e. The molecule has 2 N–H and O–H groups in total. The van der Waals surface area contributed by atoms with Crippen LogP contribution in [-0.2, 0) is 14.3 Å². The van der Waals surface area contributed by atoms with Crippen LogP contribution in [-0.4, -0.2) is 44.7 Å². The number of hydrogen-bond donors (Lipinski definition) is 2. The third-order valence-corrected chi connectivity index (χ3v) is 4.10. The number of ether oxygens (including phenoxy) is 2. The van der Waals surface area contributed by atoms with Gasteiger partial charge < -0.3 is 19.7 Å². The summed E-state index contributed by atoms with van der Waals surface area (Å²) in [5, 5.41) is 2.90. The summed E-state index contributed by atoms with van der Waals surface area (Å²) < 4.78 is 10.5. The molecule has 1 aromatic rings. The van der Waals surface area contributed by atoms with Crippen LogP contribution in [0.15, 0.2) is 24.3 Å². The van der Waals surface area contributed by atoms with Crippen molar-refractivity contribution in [3.05, 3.63) is 24.3 Å². The second kappa shape index (κ2) is 9.27. The molecule has 0 saturated carbocycles. The second-order valence-electron chi connectivity index (χ2n) is 5.98. The Morgan fingerprint density at radius 2 is 1.96 bits per heavy atom. The minimum Gasteiger partial charge on any atom is -0.494 e. The van der Waals surface area contributed by atoms with Crippen LogP contribution in [0, 0.1) is 5.92 Å². The molecule has 1 heterocycles. The zero-order chi connectivity index (χ0) is 17.4. The molecule has 1 fully saturated rings. The first kappa shape index (κ1) is 18.3. The van der Waals surface area contributed by atoms with E-state index < -0.39 is 0 Å². The molecule has 0 radical (unpaired) electrons. The summed E-state index contributed by atoms with van der Waals surface area (Å²) in [6.07, 6.45) is 1.79. The van der Waals surface area contributed by atoms with Crippen LogP contribution < -0.4 is 15.0 Å². The third kappa shape index (κ3) is 5.53. The van der Waals surface area contributed by atoms with Gasteiger partial charge >= 0.3 is 5.97 Å². The van der Waals surface area contributed by atoms with E-state index in [9.17, 15) is 9.59 Å². The van der Waals surface area contributed by atoms with Gasteiger partial charge in [-0.15, -0.1) is 0 Å². The van der Waals surface area contributed by atoms with Crippen LogP contribution in [0.25, 0.3) is 0 Å². The molecule has 1 unspecified atom stereocenters. The SMILES string of the molecule is CCOC(=O)[C@H]1CCC[NH+](CC(=O)Nc2ccc(OCC)cc2)C1. The summed E-state index contributed by atoms with van der Waals surface area (Å²) in [5.41, 5.74) is 0.752. The van der Waals surface area contributed by atoms with Crippen molar-refractivity contribution in [2.24, 2.45) is 5.92 Å². The van der Waals surface area contributed by atoms with E-state index in [1.165, 1.54) is 0 Å². The highest BCUT2D eigenvalue weighted by Gasteiger charge is 2.30. The normalized spacial score (nSPS) is 20.2. The molecule has 24 heavy (non-hydrogen) atoms. The summed E-state index contributed by atoms with van der Waals surface area (Å²) in [7, 11) is 0. The number of piperidine rings is 1. The van der Waals surface area contributed by atoms with E-state index in [1.54, 1.807) is 0 Å². The highest BCUT2D eigenvalue weighted by molar-refractivity contribution is 5.91. The fraction of sp³-hybridized carbons (Fsp3) is 0.556. The van der Waals surface area contributed by atoms with Gasteiger partial charge in [0, 0.05) is 5.69 Å². The Bertz CT molecular complexity index is 544. The van der Waals surface area contributed by atoms with Gasteiger partial charge in [-0.2, -0.15) is 0 Å². The molecule has 1 aromatic carbocycles. The third-order valence-electron chi connectivity index (χ3n) is 4.10. The molecule has 6 heteroatoms. The van der Waals surface area contributed by atoms with Gasteiger partial charge in [0.15, 0.2) is 6.54 Å². The lowest BCUT2D eigenvalue weighted by Gasteiger charge is -2.28. The number of amides is 1. The molecule has 0 bridgehead atoms. The molecule has 1 aliphatic rings. The van der Waals surface area contributed by atoms with Crippen molar-refractivity contribution in [1.29, 1.82) is 0 Å². The molecular formula is C18H27N2O4+. The van der Waals surface area contributed by atoms with Gasteiger partial charge in [-0.05, 0) is 51.0 Å². The Kier molecular flexibility index (Phi) is 7.06. The quantitative estimate of drug-likeness (QED) is 0.726. The highest BCUT2D eigenvalue weighted by atomic mass is 16.5. The van der Waals surface area contributed by atoms with E-state index in [-0.39, 0.29) is 17.8 Å². The van der Waals surface area contributed by atoms with Gasteiger partial charge in [0.1, 0.15) is 11.7 Å². The fourth-order valence-electron chi connectivity index (χ4n) is 3.01. The Morgan fingerprint density at radius 3 is 2.62 bits per heavy atom. The van der Waals surface area contributed by atoms with Gasteiger partial charge in [-0.3, -0.25) is 9.59 Å². The number of nitrogens with one attached hydrogen (secondary N) is 2. The molecule has 1 aliphatic heterocycles. The van der Waals surface area contributed by atoms with Gasteiger partial charge in [-0.1, -0.05) is 0 Å². The Hall–Kier alpha value is -2.08. The van der Waals surface area contributed by atoms with Crippen molar-refractivity contribution in [3.8, 4) is 5.75 Å². The molecule has 6 nitrogen and oxygen atoms in total. The lowest BCUT2D eigenvalue weighted by molar-refractivity contribution is -0.899. The number of carbonyl (C=O) groups is 2. The van der Waals surface area contributed by atoms with Crippen molar-refractivity contribution >= 4 is 17.6 Å². The predicted molar refractivity (Wildman–Crippen MR) is 91.2 cm³/mol. The molecule has 0 aromatic heterocycles. The number of anilines is 1. The molecule has 132 valence electrons. The minimum absolute atomic E-state index is 0.0429. The number of rotatable bonds is 7. The Balaban J connectivity index is 1.82. The average Bonchev–Trinajstić information content (AvgIpc) is 2.57. The lowest BCUT2D eigenvalue weighted by atomic mass is 9.98. The summed E-state index contributed by atoms with van der Waals surface area (Å²) in [5.74, 6) is 0.515. The maximum atomic E-state index is 12.2. The van der Waals surface area contributed by atoms with Crippen molar-refractivity contribution in [1.82, 2.24) is 0 Å². The van der Waals surface area contributed by atoms with E-state index in [1.807, 2.05) is 38.1 Å². The van der Waals surface area contributed by atoms with Gasteiger partial charge in [0.25, 0.3) is 5.91 Å². The zero-order valence-electron chi connectivity index (χ0n) is 14.5. The Morgan fingerprint density at radius 1 is 1.21 bits per heavy atom. The van der Waals surface area contributed by atoms with Gasteiger partial charge in [-0.25, -0.2) is 0 Å². The first-order chi connectivity index (χ1) is 11.6. The highest BCUT2D eigenvalue weighted by Crippen LogP contribution is 2.15. The predicted octanol–water partition coefficient (Wildman–Crippen LogP) is 0.882. The van der Waals surface area contributed by atoms with Crippen molar-refractivity contribution in [2.45, 2.75) is 26.7 Å². The fourth-order valence-corrected chi connectivity index (χ4v) is 3.01. The average molecular weight is 335 g/mol. The van der Waals surface area contributed by atoms with Crippen LogP contribution in [0.1, 0.15) is 26.7 Å². The van der Waals surface area contributed by atoms with E-state index in [0.717, 1.165) is 35.7 Å². The molecular weight excluding hydrogens is 308 g/mol. The number of esters is 1. The molecule has 2 rings (SSSR count). The van der Waals surface area contributed by atoms with Gasteiger partial charge in [0.05, 0.1) is 26.3 Å². The molecule has 0 aliphatic carbocycles.